The standard InChI is InChI=1S/C21H22F4N8O2/c1-13-17-18(27-19(34)26-17)32(9-2-8-21(23,24)25)20(35)31(13)10-3-11-33-29-16(28-30-33)12-14-4-6-15(22)7-5-14/h4-7H,1-3,8-12H2,(H2,26,27,34). The number of benzene rings is 1. The minimum Gasteiger partial charge on any atom is -0.303 e. The number of imidazole rings is 1. The fourth-order valence-corrected chi connectivity index (χ4v) is 3.75. The van der Waals surface area contributed by atoms with Gasteiger partial charge in [0.1, 0.15) is 17.3 Å². The first-order valence-electron chi connectivity index (χ1n) is 10.8. The van der Waals surface area contributed by atoms with Crippen molar-refractivity contribution in [3.63, 3.8) is 0 Å². The van der Waals surface area contributed by atoms with Crippen LogP contribution in [0.25, 0.3) is 5.70 Å². The van der Waals surface area contributed by atoms with Crippen LogP contribution < -0.4 is 10.6 Å². The number of aromatic nitrogens is 6. The number of hydrogen-bond donors (Lipinski definition) is 2. The Balaban J connectivity index is 1.38. The van der Waals surface area contributed by atoms with E-state index in [-0.39, 0.29) is 42.5 Å². The van der Waals surface area contributed by atoms with Crippen LogP contribution in [-0.2, 0) is 13.0 Å². The van der Waals surface area contributed by atoms with Gasteiger partial charge in [-0.15, -0.1) is 10.2 Å². The maximum absolute atomic E-state index is 13.0. The molecule has 10 nitrogen and oxygen atoms in total. The van der Waals surface area contributed by atoms with Crippen molar-refractivity contribution >= 4 is 17.5 Å². The summed E-state index contributed by atoms with van der Waals surface area (Å²) in [5, 5.41) is 12.2. The van der Waals surface area contributed by atoms with Crippen LogP contribution in [0, 0.1) is 5.82 Å². The maximum atomic E-state index is 13.0. The first-order valence-corrected chi connectivity index (χ1v) is 10.8. The van der Waals surface area contributed by atoms with Crippen molar-refractivity contribution in [2.45, 2.75) is 38.4 Å². The van der Waals surface area contributed by atoms with Crippen LogP contribution >= 0.6 is 0 Å². The van der Waals surface area contributed by atoms with E-state index in [1.165, 1.54) is 21.8 Å². The van der Waals surface area contributed by atoms with Gasteiger partial charge in [-0.05, 0) is 35.8 Å². The molecule has 2 amide bonds. The van der Waals surface area contributed by atoms with Gasteiger partial charge in [-0.2, -0.15) is 18.0 Å². The second-order valence-corrected chi connectivity index (χ2v) is 8.01. The van der Waals surface area contributed by atoms with Gasteiger partial charge in [0.25, 0.3) is 0 Å². The minimum atomic E-state index is -4.35. The van der Waals surface area contributed by atoms with Crippen LogP contribution in [0.15, 0.2) is 35.6 Å². The SMILES string of the molecule is C=C1c2[nH]c(=O)[nH]c2N(CCCC(F)(F)F)C(=O)N1CCCn1nnc(Cc2ccc(F)cc2)n1. The molecule has 2 N–H and O–H groups in total. The van der Waals surface area contributed by atoms with Crippen molar-refractivity contribution in [2.75, 3.05) is 18.0 Å². The number of tetrazole rings is 1. The summed E-state index contributed by atoms with van der Waals surface area (Å²) in [5.41, 5.74) is 0.719. The van der Waals surface area contributed by atoms with Crippen LogP contribution in [0.5, 0.6) is 0 Å². The molecule has 2 aromatic heterocycles. The predicted molar refractivity (Wildman–Crippen MR) is 117 cm³/mol. The largest absolute Gasteiger partial charge is 0.389 e. The Bertz CT molecular complexity index is 1260. The lowest BCUT2D eigenvalue weighted by atomic mass is 10.1. The van der Waals surface area contributed by atoms with Gasteiger partial charge in [-0.1, -0.05) is 18.7 Å². The molecule has 0 fully saturated rings. The molecule has 3 heterocycles. The summed E-state index contributed by atoms with van der Waals surface area (Å²) in [7, 11) is 0. The zero-order valence-electron chi connectivity index (χ0n) is 18.5. The number of carbonyl (C=O) groups is 1. The molecule has 4 rings (SSSR count). The summed E-state index contributed by atoms with van der Waals surface area (Å²) in [6.45, 7) is 4.11. The van der Waals surface area contributed by atoms with Crippen molar-refractivity contribution in [1.82, 2.24) is 35.1 Å². The third-order valence-corrected chi connectivity index (χ3v) is 5.40. The molecule has 0 unspecified atom stereocenters. The highest BCUT2D eigenvalue weighted by Crippen LogP contribution is 2.32. The topological polar surface area (TPSA) is 116 Å². The van der Waals surface area contributed by atoms with E-state index in [0.717, 1.165) is 10.5 Å². The first kappa shape index (κ1) is 24.2. The number of H-pyrrole nitrogens is 2. The number of amides is 2. The third kappa shape index (κ3) is 5.75. The molecule has 14 heteroatoms. The zero-order chi connectivity index (χ0) is 25.2. The highest BCUT2D eigenvalue weighted by Gasteiger charge is 2.36. The molecule has 186 valence electrons. The molecule has 0 spiro atoms. The van der Waals surface area contributed by atoms with E-state index in [0.29, 0.717) is 25.2 Å². The normalized spacial score (nSPS) is 14.1. The molecular formula is C21H22F4N8O2. The van der Waals surface area contributed by atoms with Crippen LogP contribution in [0.3, 0.4) is 0 Å². The fourth-order valence-electron chi connectivity index (χ4n) is 3.75. The molecule has 1 aromatic carbocycles. The summed E-state index contributed by atoms with van der Waals surface area (Å²) in [6.07, 6.45) is -4.96. The van der Waals surface area contributed by atoms with Crippen molar-refractivity contribution in [2.24, 2.45) is 0 Å². The highest BCUT2D eigenvalue weighted by atomic mass is 19.4. The Kier molecular flexibility index (Phi) is 6.71. The Hall–Kier alpha value is -3.97. The van der Waals surface area contributed by atoms with Crippen LogP contribution in [-0.4, -0.2) is 60.4 Å². The summed E-state index contributed by atoms with van der Waals surface area (Å²) >= 11 is 0. The third-order valence-electron chi connectivity index (χ3n) is 5.40. The lowest BCUT2D eigenvalue weighted by molar-refractivity contribution is -0.135. The summed E-state index contributed by atoms with van der Waals surface area (Å²) < 4.78 is 50.8. The second kappa shape index (κ2) is 9.72. The monoisotopic (exact) mass is 494 g/mol. The number of aromatic amines is 2. The quantitative estimate of drug-likeness (QED) is 0.444. The molecule has 1 aliphatic rings. The number of aryl methyl sites for hydroxylation is 1. The molecule has 0 saturated heterocycles. The number of nitrogens with zero attached hydrogens (tertiary/aromatic N) is 6. The lowest BCUT2D eigenvalue weighted by Gasteiger charge is -2.36. The second-order valence-electron chi connectivity index (χ2n) is 8.01. The van der Waals surface area contributed by atoms with Gasteiger partial charge in [0, 0.05) is 25.9 Å². The first-order chi connectivity index (χ1) is 16.6. The van der Waals surface area contributed by atoms with Crippen molar-refractivity contribution in [3.8, 4) is 0 Å². The molecule has 35 heavy (non-hydrogen) atoms. The Morgan fingerprint density at radius 2 is 1.69 bits per heavy atom. The molecular weight excluding hydrogens is 472 g/mol. The predicted octanol–water partition coefficient (Wildman–Crippen LogP) is 3.06. The Morgan fingerprint density at radius 1 is 0.971 bits per heavy atom. The fraction of sp³-hybridized carbons (Fsp3) is 0.381. The molecule has 3 aromatic rings. The van der Waals surface area contributed by atoms with Crippen LogP contribution in [0.2, 0.25) is 0 Å². The van der Waals surface area contributed by atoms with Gasteiger partial charge in [0.05, 0.1) is 12.2 Å². The number of fused-ring (bicyclic) bond motifs is 1. The van der Waals surface area contributed by atoms with E-state index in [1.807, 2.05) is 0 Å². The number of nitrogens with one attached hydrogen (secondary N) is 2. The minimum absolute atomic E-state index is 0.104. The summed E-state index contributed by atoms with van der Waals surface area (Å²) in [6, 6.07) is 5.37. The van der Waals surface area contributed by atoms with E-state index in [2.05, 4.69) is 32.0 Å². The highest BCUT2D eigenvalue weighted by molar-refractivity contribution is 6.02. The number of halogens is 4. The van der Waals surface area contributed by atoms with Crippen molar-refractivity contribution in [3.05, 3.63) is 64.2 Å². The van der Waals surface area contributed by atoms with Gasteiger partial charge < -0.3 is 4.98 Å². The van der Waals surface area contributed by atoms with E-state index < -0.39 is 24.3 Å². The average molecular weight is 494 g/mol. The van der Waals surface area contributed by atoms with Gasteiger partial charge in [0.2, 0.25) is 0 Å². The van der Waals surface area contributed by atoms with E-state index in [9.17, 15) is 27.2 Å². The Labute approximate surface area is 196 Å². The average Bonchev–Trinajstić information content (AvgIpc) is 3.40. The maximum Gasteiger partial charge on any atom is 0.389 e. The summed E-state index contributed by atoms with van der Waals surface area (Å²) in [5.74, 6) is 0.209. The smallest absolute Gasteiger partial charge is 0.303 e. The lowest BCUT2D eigenvalue weighted by Crippen LogP contribution is -2.47. The van der Waals surface area contributed by atoms with E-state index >= 15 is 0 Å². The number of urea groups is 1. The molecule has 1 aliphatic heterocycles. The van der Waals surface area contributed by atoms with Gasteiger partial charge in [0.15, 0.2) is 5.82 Å². The van der Waals surface area contributed by atoms with Crippen molar-refractivity contribution in [1.29, 1.82) is 0 Å². The number of rotatable bonds is 9. The summed E-state index contributed by atoms with van der Waals surface area (Å²) in [4.78, 5) is 33.6. The Morgan fingerprint density at radius 3 is 2.40 bits per heavy atom. The van der Waals surface area contributed by atoms with Crippen LogP contribution in [0.1, 0.15) is 36.3 Å². The molecule has 0 radical (unpaired) electrons. The molecule has 0 aliphatic carbocycles. The van der Waals surface area contributed by atoms with E-state index in [4.69, 9.17) is 0 Å². The number of hydrogen-bond acceptors (Lipinski definition) is 5. The molecule has 0 saturated carbocycles. The zero-order valence-corrected chi connectivity index (χ0v) is 18.5. The van der Waals surface area contributed by atoms with Gasteiger partial charge in [-0.3, -0.25) is 14.8 Å². The number of alkyl halides is 3. The van der Waals surface area contributed by atoms with Crippen molar-refractivity contribution < 1.29 is 22.4 Å². The van der Waals surface area contributed by atoms with Crippen LogP contribution in [0.4, 0.5) is 28.2 Å². The van der Waals surface area contributed by atoms with Gasteiger partial charge >= 0.3 is 17.9 Å². The number of anilines is 1. The molecule has 0 atom stereocenters. The molecule has 0 bridgehead atoms. The van der Waals surface area contributed by atoms with E-state index in [1.54, 1.807) is 12.1 Å². The number of carbonyl (C=O) groups excluding carboxylic acids is 1. The van der Waals surface area contributed by atoms with Gasteiger partial charge in [-0.25, -0.2) is 14.0 Å².